The van der Waals surface area contributed by atoms with Gasteiger partial charge in [-0.3, -0.25) is 0 Å². The number of benzene rings is 3. The number of hydrogen-bond acceptors (Lipinski definition) is 2. The van der Waals surface area contributed by atoms with Crippen LogP contribution in [0.3, 0.4) is 0 Å². The Kier molecular flexibility index (Phi) is 4.89. The van der Waals surface area contributed by atoms with Crippen LogP contribution in [-0.4, -0.2) is 0 Å². The largest absolute Gasteiger partial charge is 0.142 e. The van der Waals surface area contributed by atoms with Crippen molar-refractivity contribution in [1.82, 2.24) is 0 Å². The topological polar surface area (TPSA) is 0 Å². The van der Waals surface area contributed by atoms with E-state index in [4.69, 9.17) is 0 Å². The van der Waals surface area contributed by atoms with Crippen LogP contribution in [0.1, 0.15) is 33.4 Å². The third-order valence-electron chi connectivity index (χ3n) is 5.09. The number of hydrogen-bond donors (Lipinski definition) is 0. The minimum absolute atomic E-state index is 1.04. The molecule has 142 valence electrons. The van der Waals surface area contributed by atoms with E-state index in [-0.39, 0.29) is 0 Å². The SMILES string of the molecule is Cc1ccc(C#Cc2c3ccsc3c(C#Cc3ccc(C)cc3)c3ccsc23)cc1. The van der Waals surface area contributed by atoms with Crippen molar-refractivity contribution in [3.8, 4) is 23.7 Å². The lowest BCUT2D eigenvalue weighted by Crippen LogP contribution is -1.85. The van der Waals surface area contributed by atoms with Gasteiger partial charge >= 0.3 is 0 Å². The van der Waals surface area contributed by atoms with E-state index in [2.05, 4.69) is 109 Å². The fourth-order valence-corrected chi connectivity index (χ4v) is 5.27. The summed E-state index contributed by atoms with van der Waals surface area (Å²) < 4.78 is 2.43. The maximum Gasteiger partial charge on any atom is 0.0519 e. The first-order chi connectivity index (χ1) is 14.7. The third kappa shape index (κ3) is 3.53. The van der Waals surface area contributed by atoms with Crippen LogP contribution >= 0.6 is 22.7 Å². The van der Waals surface area contributed by atoms with Gasteiger partial charge in [0.15, 0.2) is 0 Å². The summed E-state index contributed by atoms with van der Waals surface area (Å²) in [7, 11) is 0. The smallest absolute Gasteiger partial charge is 0.0519 e. The van der Waals surface area contributed by atoms with Gasteiger partial charge in [0, 0.05) is 21.9 Å². The highest BCUT2D eigenvalue weighted by molar-refractivity contribution is 7.19. The monoisotopic (exact) mass is 418 g/mol. The van der Waals surface area contributed by atoms with Crippen molar-refractivity contribution in [1.29, 1.82) is 0 Å². The first-order valence-corrected chi connectivity index (χ1v) is 11.5. The Morgan fingerprint density at radius 1 is 0.500 bits per heavy atom. The lowest BCUT2D eigenvalue weighted by Gasteiger charge is -2.03. The molecule has 0 amide bonds. The molecule has 0 aliphatic heterocycles. The van der Waals surface area contributed by atoms with Gasteiger partial charge in [0.1, 0.15) is 0 Å². The molecule has 0 radical (unpaired) electrons. The average Bonchev–Trinajstić information content (AvgIpc) is 3.43. The molecule has 30 heavy (non-hydrogen) atoms. The van der Waals surface area contributed by atoms with Crippen LogP contribution < -0.4 is 0 Å². The van der Waals surface area contributed by atoms with Crippen molar-refractivity contribution in [3.05, 3.63) is 105 Å². The maximum atomic E-state index is 3.46. The van der Waals surface area contributed by atoms with Crippen molar-refractivity contribution in [3.63, 3.8) is 0 Å². The fraction of sp³-hybridized carbons (Fsp3) is 0.0714. The summed E-state index contributed by atoms with van der Waals surface area (Å²) in [4.78, 5) is 0. The van der Waals surface area contributed by atoms with Crippen molar-refractivity contribution in [2.24, 2.45) is 0 Å². The Morgan fingerprint density at radius 2 is 0.900 bits per heavy atom. The highest BCUT2D eigenvalue weighted by Crippen LogP contribution is 2.38. The first-order valence-electron chi connectivity index (χ1n) is 9.77. The summed E-state index contributed by atoms with van der Waals surface area (Å²) in [5.41, 5.74) is 6.79. The van der Waals surface area contributed by atoms with E-state index in [1.54, 1.807) is 22.7 Å². The van der Waals surface area contributed by atoms with E-state index in [0.717, 1.165) is 22.3 Å². The molecule has 0 saturated heterocycles. The summed E-state index contributed by atoms with van der Waals surface area (Å²) in [5.74, 6) is 13.6. The van der Waals surface area contributed by atoms with Gasteiger partial charge < -0.3 is 0 Å². The lowest BCUT2D eigenvalue weighted by atomic mass is 10.0. The Balaban J connectivity index is 1.68. The molecule has 0 spiro atoms. The quantitative estimate of drug-likeness (QED) is 0.228. The average molecular weight is 419 g/mol. The highest BCUT2D eigenvalue weighted by Gasteiger charge is 2.14. The Labute approximate surface area is 184 Å². The number of aryl methyl sites for hydroxylation is 2. The van der Waals surface area contributed by atoms with Gasteiger partial charge in [-0.2, -0.15) is 0 Å². The molecule has 0 unspecified atom stereocenters. The molecule has 0 nitrogen and oxygen atoms in total. The molecule has 2 aromatic heterocycles. The van der Waals surface area contributed by atoms with Crippen molar-refractivity contribution >= 4 is 42.8 Å². The fourth-order valence-electron chi connectivity index (χ4n) is 3.44. The first kappa shape index (κ1) is 18.7. The molecule has 0 aliphatic carbocycles. The van der Waals surface area contributed by atoms with E-state index in [1.807, 2.05) is 0 Å². The summed E-state index contributed by atoms with van der Waals surface area (Å²) in [6.07, 6.45) is 0. The summed E-state index contributed by atoms with van der Waals surface area (Å²) in [6, 6.07) is 21.1. The second kappa shape index (κ2) is 7.85. The van der Waals surface area contributed by atoms with Crippen LogP contribution in [-0.2, 0) is 0 Å². The van der Waals surface area contributed by atoms with E-state index >= 15 is 0 Å². The number of thiophene rings is 2. The van der Waals surface area contributed by atoms with E-state index in [1.165, 1.54) is 31.3 Å². The zero-order valence-corrected chi connectivity index (χ0v) is 18.4. The molecular weight excluding hydrogens is 400 g/mol. The van der Waals surface area contributed by atoms with Crippen LogP contribution in [0.25, 0.3) is 20.2 Å². The summed E-state index contributed by atoms with van der Waals surface area (Å²) in [6.45, 7) is 4.19. The van der Waals surface area contributed by atoms with Gasteiger partial charge in [0.05, 0.1) is 20.5 Å². The Morgan fingerprint density at radius 3 is 1.30 bits per heavy atom. The summed E-state index contributed by atoms with van der Waals surface area (Å²) in [5, 5.41) is 6.68. The zero-order chi connectivity index (χ0) is 20.5. The number of rotatable bonds is 0. The molecule has 3 aromatic carbocycles. The van der Waals surface area contributed by atoms with Crippen LogP contribution in [0.5, 0.6) is 0 Å². The van der Waals surface area contributed by atoms with Crippen molar-refractivity contribution < 1.29 is 0 Å². The number of fused-ring (bicyclic) bond motifs is 2. The van der Waals surface area contributed by atoms with Gasteiger partial charge in [-0.1, -0.05) is 59.1 Å². The van der Waals surface area contributed by atoms with Gasteiger partial charge in [-0.05, 0) is 61.0 Å². The molecular formula is C28H18S2. The van der Waals surface area contributed by atoms with Crippen molar-refractivity contribution in [2.75, 3.05) is 0 Å². The molecule has 5 aromatic rings. The Hall–Kier alpha value is -3.30. The van der Waals surface area contributed by atoms with Crippen molar-refractivity contribution in [2.45, 2.75) is 13.8 Å². The molecule has 0 aliphatic rings. The highest BCUT2D eigenvalue weighted by atomic mass is 32.1. The summed E-state index contributed by atoms with van der Waals surface area (Å²) >= 11 is 3.48. The van der Waals surface area contributed by atoms with E-state index < -0.39 is 0 Å². The van der Waals surface area contributed by atoms with Crippen LogP contribution in [0.4, 0.5) is 0 Å². The molecule has 0 atom stereocenters. The van der Waals surface area contributed by atoms with Gasteiger partial charge in [-0.15, -0.1) is 22.7 Å². The van der Waals surface area contributed by atoms with Crippen LogP contribution in [0.2, 0.25) is 0 Å². The minimum Gasteiger partial charge on any atom is -0.142 e. The normalized spacial score (nSPS) is 10.5. The molecule has 0 fully saturated rings. The van der Waals surface area contributed by atoms with Crippen LogP contribution in [0, 0.1) is 37.5 Å². The second-order valence-corrected chi connectivity index (χ2v) is 9.14. The van der Waals surface area contributed by atoms with Gasteiger partial charge in [0.25, 0.3) is 0 Å². The molecule has 2 heteroatoms. The second-order valence-electron chi connectivity index (χ2n) is 7.31. The third-order valence-corrected chi connectivity index (χ3v) is 6.95. The Bertz CT molecular complexity index is 1320. The van der Waals surface area contributed by atoms with E-state index in [9.17, 15) is 0 Å². The molecule has 5 rings (SSSR count). The maximum absolute atomic E-state index is 3.46. The molecule has 0 bridgehead atoms. The van der Waals surface area contributed by atoms with Crippen LogP contribution in [0.15, 0.2) is 71.4 Å². The van der Waals surface area contributed by atoms with Gasteiger partial charge in [-0.25, -0.2) is 0 Å². The van der Waals surface area contributed by atoms with E-state index in [0.29, 0.717) is 0 Å². The minimum atomic E-state index is 1.04. The predicted octanol–water partition coefficient (Wildman–Crippen LogP) is 7.53. The predicted molar refractivity (Wildman–Crippen MR) is 132 cm³/mol. The molecule has 0 saturated carbocycles. The lowest BCUT2D eigenvalue weighted by molar-refractivity contribution is 1.46. The molecule has 0 N–H and O–H groups in total. The van der Waals surface area contributed by atoms with Gasteiger partial charge in [0.2, 0.25) is 0 Å². The molecule has 2 heterocycles. The zero-order valence-electron chi connectivity index (χ0n) is 16.7. The standard InChI is InChI=1S/C28H18S2/c1-19-3-7-21(8-4-19)11-13-23-25-15-17-30-28(25)24(26-16-18-29-27(23)26)14-12-22-9-5-20(2)6-10-22/h3-10,15-18H,1-2H3.